The molecule has 1 N–H and O–H groups in total. The van der Waals surface area contributed by atoms with Gasteiger partial charge in [-0.25, -0.2) is 0 Å². The van der Waals surface area contributed by atoms with Crippen LogP contribution in [0.4, 0.5) is 5.69 Å². The Balaban J connectivity index is 2.26. The van der Waals surface area contributed by atoms with Crippen LogP contribution >= 0.6 is 11.6 Å². The molecule has 1 aromatic rings. The highest BCUT2D eigenvalue weighted by Gasteiger charge is 2.26. The molecule has 1 saturated heterocycles. The third-order valence-electron chi connectivity index (χ3n) is 3.29. The van der Waals surface area contributed by atoms with E-state index in [9.17, 15) is 14.9 Å². The summed E-state index contributed by atoms with van der Waals surface area (Å²) >= 11 is 5.96. The molecule has 1 amide bonds. The summed E-state index contributed by atoms with van der Waals surface area (Å²) in [6.45, 7) is 1.60. The van der Waals surface area contributed by atoms with Gasteiger partial charge in [0.15, 0.2) is 0 Å². The molecule has 102 valence electrons. The average Bonchev–Trinajstić information content (AvgIpc) is 2.91. The second kappa shape index (κ2) is 5.54. The number of hydrogen-bond donors (Lipinski definition) is 1. The highest BCUT2D eigenvalue weighted by atomic mass is 35.5. The second-order valence-corrected chi connectivity index (χ2v) is 4.89. The maximum Gasteiger partial charge on any atom is 0.270 e. The fourth-order valence-corrected chi connectivity index (χ4v) is 2.31. The van der Waals surface area contributed by atoms with Gasteiger partial charge >= 0.3 is 0 Å². The molecule has 0 aliphatic carbocycles. The normalized spacial score (nSPS) is 18.3. The third kappa shape index (κ3) is 2.85. The van der Waals surface area contributed by atoms with E-state index in [4.69, 9.17) is 11.6 Å². The minimum Gasteiger partial charge on any atom is -0.337 e. The fourth-order valence-electron chi connectivity index (χ4n) is 2.12. The van der Waals surface area contributed by atoms with Crippen LogP contribution in [0.25, 0.3) is 0 Å². The first-order valence-electron chi connectivity index (χ1n) is 5.92. The van der Waals surface area contributed by atoms with Crippen molar-refractivity contribution in [3.63, 3.8) is 0 Å². The van der Waals surface area contributed by atoms with Crippen molar-refractivity contribution < 1.29 is 9.72 Å². The maximum absolute atomic E-state index is 12.3. The molecule has 19 heavy (non-hydrogen) atoms. The van der Waals surface area contributed by atoms with Crippen molar-refractivity contribution in [3.8, 4) is 0 Å². The Morgan fingerprint density at radius 3 is 2.89 bits per heavy atom. The fraction of sp³-hybridized carbons (Fsp3) is 0.417. The van der Waals surface area contributed by atoms with Crippen LogP contribution < -0.4 is 5.32 Å². The van der Waals surface area contributed by atoms with E-state index in [0.29, 0.717) is 0 Å². The van der Waals surface area contributed by atoms with Gasteiger partial charge in [-0.3, -0.25) is 14.9 Å². The number of non-ortho nitro benzene ring substituents is 1. The summed E-state index contributed by atoms with van der Waals surface area (Å²) in [4.78, 5) is 24.1. The monoisotopic (exact) mass is 283 g/mol. The predicted octanol–water partition coefficient (Wildman–Crippen LogP) is 1.68. The zero-order valence-corrected chi connectivity index (χ0v) is 11.2. The largest absolute Gasteiger partial charge is 0.337 e. The molecule has 1 unspecified atom stereocenters. The molecule has 1 atom stereocenters. The van der Waals surface area contributed by atoms with Crippen LogP contribution in [0.3, 0.4) is 0 Å². The number of amides is 1. The van der Waals surface area contributed by atoms with Gasteiger partial charge in [0.05, 0.1) is 15.5 Å². The van der Waals surface area contributed by atoms with E-state index in [-0.39, 0.29) is 28.2 Å². The van der Waals surface area contributed by atoms with Gasteiger partial charge < -0.3 is 10.2 Å². The van der Waals surface area contributed by atoms with Crippen molar-refractivity contribution in [2.24, 2.45) is 0 Å². The number of nitro benzene ring substituents is 1. The highest BCUT2D eigenvalue weighted by molar-refractivity contribution is 6.33. The Kier molecular flexibility index (Phi) is 4.01. The van der Waals surface area contributed by atoms with Crippen LogP contribution in [0.15, 0.2) is 18.2 Å². The lowest BCUT2D eigenvalue weighted by Gasteiger charge is -2.24. The van der Waals surface area contributed by atoms with Crippen molar-refractivity contribution >= 4 is 23.2 Å². The molecule has 2 rings (SSSR count). The van der Waals surface area contributed by atoms with Crippen LogP contribution in [-0.2, 0) is 0 Å². The van der Waals surface area contributed by atoms with Crippen LogP contribution in [0, 0.1) is 10.1 Å². The van der Waals surface area contributed by atoms with Crippen LogP contribution in [0.5, 0.6) is 0 Å². The number of likely N-dealkylation sites (N-methyl/N-ethyl adjacent to an activating group) is 1. The summed E-state index contributed by atoms with van der Waals surface area (Å²) in [5.74, 6) is -0.289. The molecule has 6 nitrogen and oxygen atoms in total. The minimum absolute atomic E-state index is 0.0998. The minimum atomic E-state index is -0.537. The van der Waals surface area contributed by atoms with E-state index in [1.54, 1.807) is 11.9 Å². The number of halogens is 1. The molecule has 0 saturated carbocycles. The number of nitro groups is 1. The first kappa shape index (κ1) is 13.8. The van der Waals surface area contributed by atoms with Crippen LogP contribution in [-0.4, -0.2) is 41.9 Å². The van der Waals surface area contributed by atoms with Crippen molar-refractivity contribution in [3.05, 3.63) is 38.9 Å². The van der Waals surface area contributed by atoms with Gasteiger partial charge in [0.1, 0.15) is 0 Å². The summed E-state index contributed by atoms with van der Waals surface area (Å²) in [5, 5.41) is 14.1. The second-order valence-electron chi connectivity index (χ2n) is 4.48. The summed E-state index contributed by atoms with van der Waals surface area (Å²) in [7, 11) is 1.69. The summed E-state index contributed by atoms with van der Waals surface area (Å²) in [6, 6.07) is 4.00. The SMILES string of the molecule is CN(C(=O)c1cc([N+](=O)[O-])ccc1Cl)C1CCNC1. The van der Waals surface area contributed by atoms with Crippen molar-refractivity contribution in [2.75, 3.05) is 20.1 Å². The van der Waals surface area contributed by atoms with E-state index < -0.39 is 4.92 Å². The van der Waals surface area contributed by atoms with Gasteiger partial charge in [-0.05, 0) is 19.0 Å². The summed E-state index contributed by atoms with van der Waals surface area (Å²) in [5.41, 5.74) is 0.0379. The number of benzene rings is 1. The van der Waals surface area contributed by atoms with Crippen molar-refractivity contribution in [2.45, 2.75) is 12.5 Å². The zero-order chi connectivity index (χ0) is 14.0. The molecule has 0 radical (unpaired) electrons. The Bertz CT molecular complexity index is 515. The molecule has 0 spiro atoms. The quantitative estimate of drug-likeness (QED) is 0.676. The van der Waals surface area contributed by atoms with Gasteiger partial charge in [-0.2, -0.15) is 0 Å². The summed E-state index contributed by atoms with van der Waals surface area (Å²) in [6.07, 6.45) is 0.870. The Hall–Kier alpha value is -1.66. The standard InChI is InChI=1S/C12H14ClN3O3/c1-15(9-4-5-14-7-9)12(17)10-6-8(16(18)19)2-3-11(10)13/h2-3,6,9,14H,4-5,7H2,1H3. The molecule has 7 heteroatoms. The number of carbonyl (C=O) groups is 1. The number of nitrogens with one attached hydrogen (secondary N) is 1. The number of hydrogen-bond acceptors (Lipinski definition) is 4. The molecule has 0 bridgehead atoms. The van der Waals surface area contributed by atoms with E-state index >= 15 is 0 Å². The van der Waals surface area contributed by atoms with Gasteiger partial charge in [-0.1, -0.05) is 11.6 Å². The van der Waals surface area contributed by atoms with Crippen LogP contribution in [0.1, 0.15) is 16.8 Å². The molecule has 1 aromatic carbocycles. The molecular formula is C12H14ClN3O3. The Morgan fingerprint density at radius 2 is 2.32 bits per heavy atom. The molecule has 0 aromatic heterocycles. The van der Waals surface area contributed by atoms with E-state index in [1.807, 2.05) is 0 Å². The van der Waals surface area contributed by atoms with E-state index in [2.05, 4.69) is 5.32 Å². The number of nitrogens with zero attached hydrogens (tertiary/aromatic N) is 2. The molecular weight excluding hydrogens is 270 g/mol. The zero-order valence-electron chi connectivity index (χ0n) is 10.4. The molecule has 1 heterocycles. The Labute approximate surface area is 115 Å². The lowest BCUT2D eigenvalue weighted by atomic mass is 10.1. The molecule has 1 aliphatic heterocycles. The summed E-state index contributed by atoms with van der Waals surface area (Å²) < 4.78 is 0. The van der Waals surface area contributed by atoms with Gasteiger partial charge in [0, 0.05) is 31.8 Å². The smallest absolute Gasteiger partial charge is 0.270 e. The number of rotatable bonds is 3. The van der Waals surface area contributed by atoms with E-state index in [0.717, 1.165) is 19.5 Å². The van der Waals surface area contributed by atoms with Gasteiger partial charge in [0.25, 0.3) is 11.6 Å². The molecule has 1 fully saturated rings. The first-order chi connectivity index (χ1) is 9.00. The average molecular weight is 284 g/mol. The molecule has 1 aliphatic rings. The predicted molar refractivity (Wildman–Crippen MR) is 71.5 cm³/mol. The number of carbonyl (C=O) groups excluding carboxylic acids is 1. The topological polar surface area (TPSA) is 75.5 Å². The van der Waals surface area contributed by atoms with Gasteiger partial charge in [0.2, 0.25) is 0 Å². The van der Waals surface area contributed by atoms with Crippen molar-refractivity contribution in [1.82, 2.24) is 10.2 Å². The Morgan fingerprint density at radius 1 is 1.58 bits per heavy atom. The van der Waals surface area contributed by atoms with Crippen LogP contribution in [0.2, 0.25) is 5.02 Å². The lowest BCUT2D eigenvalue weighted by Crippen LogP contribution is -2.38. The highest BCUT2D eigenvalue weighted by Crippen LogP contribution is 2.24. The lowest BCUT2D eigenvalue weighted by molar-refractivity contribution is -0.384. The maximum atomic E-state index is 12.3. The van der Waals surface area contributed by atoms with E-state index in [1.165, 1.54) is 18.2 Å². The van der Waals surface area contributed by atoms with Gasteiger partial charge in [-0.15, -0.1) is 0 Å². The van der Waals surface area contributed by atoms with Crippen molar-refractivity contribution in [1.29, 1.82) is 0 Å². The first-order valence-corrected chi connectivity index (χ1v) is 6.30. The third-order valence-corrected chi connectivity index (χ3v) is 3.62.